The van der Waals surface area contributed by atoms with Gasteiger partial charge in [-0.25, -0.2) is 9.59 Å². The van der Waals surface area contributed by atoms with Crippen molar-refractivity contribution in [1.29, 1.82) is 0 Å². The van der Waals surface area contributed by atoms with Gasteiger partial charge in [-0.05, 0) is 86.7 Å². The summed E-state index contributed by atoms with van der Waals surface area (Å²) in [6, 6.07) is -0.816. The molecule has 0 saturated carbocycles. The van der Waals surface area contributed by atoms with Gasteiger partial charge in [0.25, 0.3) is 5.91 Å². The molecule has 0 aliphatic heterocycles. The van der Waals surface area contributed by atoms with Gasteiger partial charge in [0.15, 0.2) is 0 Å². The number of nitrogens with zero attached hydrogens (tertiary/aromatic N) is 1. The third-order valence-electron chi connectivity index (χ3n) is 11.5. The highest BCUT2D eigenvalue weighted by Gasteiger charge is 2.34. The second-order valence-electron chi connectivity index (χ2n) is 20.0. The molecular weight excluding hydrogens is 747 g/mol. The number of carbonyl (C=O) groups excluding carboxylic acids is 3. The number of carbonyl (C=O) groups is 3. The molecule has 8 heteroatoms. The lowest BCUT2D eigenvalue weighted by Crippen LogP contribution is -2.53. The molecule has 0 aromatic rings. The maximum Gasteiger partial charge on any atom is 0.414 e. The van der Waals surface area contributed by atoms with E-state index in [0.717, 1.165) is 45.2 Å². The predicted octanol–water partition coefficient (Wildman–Crippen LogP) is 15.9. The first-order valence-electron chi connectivity index (χ1n) is 26.0. The number of hydrogen-bond donors (Lipinski definition) is 2. The minimum atomic E-state index is -0.816. The van der Waals surface area contributed by atoms with Crippen LogP contribution in [0.15, 0.2) is 0 Å². The van der Waals surface area contributed by atoms with Crippen LogP contribution in [0.1, 0.15) is 280 Å². The summed E-state index contributed by atoms with van der Waals surface area (Å²) in [5.74, 6) is -0.507. The van der Waals surface area contributed by atoms with Crippen LogP contribution in [0.3, 0.4) is 0 Å². The number of alkyl carbamates (subject to hydrolysis) is 1. The highest BCUT2D eigenvalue weighted by molar-refractivity contribution is 5.96. The smallest absolute Gasteiger partial charge is 0.414 e. The Morgan fingerprint density at radius 1 is 0.433 bits per heavy atom. The molecule has 0 heterocycles. The summed E-state index contributed by atoms with van der Waals surface area (Å²) in [5, 5.41) is 6.02. The van der Waals surface area contributed by atoms with E-state index in [1.807, 2.05) is 20.8 Å². The first-order valence-corrected chi connectivity index (χ1v) is 26.0. The molecule has 0 saturated heterocycles. The van der Waals surface area contributed by atoms with Crippen LogP contribution in [0.4, 0.5) is 9.59 Å². The molecule has 0 bridgehead atoms. The SMILES string of the molecule is CCCCCCCCCCCCCCCCCCNCCCC[C@@H](C(=O)NC(=O)OC(C)(C)C)N(CCCCCCCCCCCCCCCCCC)C(=O)OC(C)(C)C. The van der Waals surface area contributed by atoms with Crippen LogP contribution in [-0.2, 0) is 14.3 Å². The van der Waals surface area contributed by atoms with Crippen LogP contribution in [0.5, 0.6) is 0 Å². The van der Waals surface area contributed by atoms with E-state index in [1.165, 1.54) is 186 Å². The van der Waals surface area contributed by atoms with Gasteiger partial charge in [-0.3, -0.25) is 15.0 Å². The number of amides is 3. The predicted molar refractivity (Wildman–Crippen MR) is 257 cm³/mol. The van der Waals surface area contributed by atoms with Gasteiger partial charge in [-0.15, -0.1) is 0 Å². The summed E-state index contributed by atoms with van der Waals surface area (Å²) >= 11 is 0. The molecule has 3 amide bonds. The van der Waals surface area contributed by atoms with Crippen molar-refractivity contribution in [2.75, 3.05) is 19.6 Å². The van der Waals surface area contributed by atoms with E-state index < -0.39 is 35.3 Å². The minimum absolute atomic E-state index is 0.414. The molecule has 60 heavy (non-hydrogen) atoms. The summed E-state index contributed by atoms with van der Waals surface area (Å²) in [6.45, 7) is 17.7. The van der Waals surface area contributed by atoms with E-state index in [-0.39, 0.29) is 0 Å². The van der Waals surface area contributed by atoms with Crippen molar-refractivity contribution in [3.05, 3.63) is 0 Å². The molecule has 8 nitrogen and oxygen atoms in total. The molecule has 0 aromatic heterocycles. The van der Waals surface area contributed by atoms with Crippen molar-refractivity contribution in [2.45, 2.75) is 297 Å². The number of ether oxygens (including phenoxy) is 2. The summed E-state index contributed by atoms with van der Waals surface area (Å²) in [4.78, 5) is 41.6. The van der Waals surface area contributed by atoms with Crippen LogP contribution in [0, 0.1) is 0 Å². The molecule has 0 fully saturated rings. The van der Waals surface area contributed by atoms with Crippen molar-refractivity contribution in [1.82, 2.24) is 15.5 Å². The minimum Gasteiger partial charge on any atom is -0.444 e. The number of hydrogen-bond acceptors (Lipinski definition) is 6. The zero-order valence-electron chi connectivity index (χ0n) is 41.4. The Bertz CT molecular complexity index is 991. The van der Waals surface area contributed by atoms with E-state index in [4.69, 9.17) is 9.47 Å². The van der Waals surface area contributed by atoms with Gasteiger partial charge in [-0.2, -0.15) is 0 Å². The number of rotatable bonds is 41. The fourth-order valence-corrected chi connectivity index (χ4v) is 7.95. The Hall–Kier alpha value is -1.83. The van der Waals surface area contributed by atoms with Gasteiger partial charge < -0.3 is 14.8 Å². The largest absolute Gasteiger partial charge is 0.444 e. The fourth-order valence-electron chi connectivity index (χ4n) is 7.95. The van der Waals surface area contributed by atoms with Gasteiger partial charge in [0.05, 0.1) is 0 Å². The monoisotopic (exact) mass is 850 g/mol. The van der Waals surface area contributed by atoms with Crippen LogP contribution in [0.2, 0.25) is 0 Å². The van der Waals surface area contributed by atoms with E-state index >= 15 is 0 Å². The zero-order chi connectivity index (χ0) is 44.6. The van der Waals surface area contributed by atoms with Crippen molar-refractivity contribution in [2.24, 2.45) is 0 Å². The Morgan fingerprint density at radius 3 is 1.10 bits per heavy atom. The molecule has 0 radical (unpaired) electrons. The fraction of sp³-hybridized carbons (Fsp3) is 0.942. The summed E-state index contributed by atoms with van der Waals surface area (Å²) in [7, 11) is 0. The maximum atomic E-state index is 13.7. The maximum absolute atomic E-state index is 13.7. The number of unbranched alkanes of at least 4 members (excludes halogenated alkanes) is 31. The quantitative estimate of drug-likeness (QED) is 0.0595. The van der Waals surface area contributed by atoms with Crippen LogP contribution in [-0.4, -0.2) is 59.9 Å². The van der Waals surface area contributed by atoms with E-state index in [0.29, 0.717) is 13.0 Å². The first-order chi connectivity index (χ1) is 28.8. The van der Waals surface area contributed by atoms with Crippen molar-refractivity contribution >= 4 is 18.1 Å². The van der Waals surface area contributed by atoms with Gasteiger partial charge in [0.2, 0.25) is 0 Å². The molecule has 0 rings (SSSR count). The highest BCUT2D eigenvalue weighted by atomic mass is 16.6. The van der Waals surface area contributed by atoms with Crippen LogP contribution in [0.25, 0.3) is 0 Å². The molecule has 0 unspecified atom stereocenters. The molecular formula is C52H103N3O5. The second-order valence-corrected chi connectivity index (χ2v) is 20.0. The molecule has 356 valence electrons. The second kappa shape index (κ2) is 40.0. The van der Waals surface area contributed by atoms with Crippen LogP contribution >= 0.6 is 0 Å². The molecule has 2 N–H and O–H groups in total. The number of imide groups is 1. The van der Waals surface area contributed by atoms with Crippen molar-refractivity contribution in [3.63, 3.8) is 0 Å². The van der Waals surface area contributed by atoms with Crippen molar-refractivity contribution < 1.29 is 23.9 Å². The third kappa shape index (κ3) is 40.3. The average Bonchev–Trinajstić information content (AvgIpc) is 3.17. The molecule has 0 aliphatic rings. The first kappa shape index (κ1) is 58.2. The Kier molecular flexibility index (Phi) is 38.8. The van der Waals surface area contributed by atoms with E-state index in [9.17, 15) is 14.4 Å². The van der Waals surface area contributed by atoms with Crippen LogP contribution < -0.4 is 10.6 Å². The van der Waals surface area contributed by atoms with E-state index in [1.54, 1.807) is 25.7 Å². The Balaban J connectivity index is 4.66. The average molecular weight is 850 g/mol. The van der Waals surface area contributed by atoms with Gasteiger partial charge in [-0.1, -0.05) is 206 Å². The normalized spacial score (nSPS) is 12.4. The van der Waals surface area contributed by atoms with Gasteiger partial charge >= 0.3 is 12.2 Å². The summed E-state index contributed by atoms with van der Waals surface area (Å²) in [6.07, 6.45) is 43.1. The zero-order valence-corrected chi connectivity index (χ0v) is 41.4. The number of nitrogens with one attached hydrogen (secondary N) is 2. The summed E-state index contributed by atoms with van der Waals surface area (Å²) in [5.41, 5.74) is -1.44. The highest BCUT2D eigenvalue weighted by Crippen LogP contribution is 2.20. The third-order valence-corrected chi connectivity index (χ3v) is 11.5. The lowest BCUT2D eigenvalue weighted by atomic mass is 10.0. The molecule has 0 spiro atoms. The lowest BCUT2D eigenvalue weighted by molar-refractivity contribution is -0.126. The van der Waals surface area contributed by atoms with Gasteiger partial charge in [0.1, 0.15) is 17.2 Å². The standard InChI is InChI=1S/C52H103N3O5/c1-9-11-13-15-17-19-21-23-25-27-29-31-33-35-37-40-44-53-45-41-39-43-47(48(56)54-49(57)59-51(3,4)5)55(50(58)60-52(6,7)8)46-42-38-36-34-32-30-28-26-24-22-20-18-16-14-12-10-2/h47,53H,9-46H2,1-8H3,(H,54,56,57)/t47-/m0/s1. The molecule has 0 aliphatic carbocycles. The van der Waals surface area contributed by atoms with Gasteiger partial charge in [0, 0.05) is 6.54 Å². The Labute approximate surface area is 373 Å². The van der Waals surface area contributed by atoms with Crippen molar-refractivity contribution in [3.8, 4) is 0 Å². The molecule has 0 aromatic carbocycles. The molecule has 1 atom stereocenters. The lowest BCUT2D eigenvalue weighted by Gasteiger charge is -2.33. The van der Waals surface area contributed by atoms with E-state index in [2.05, 4.69) is 24.5 Å². The topological polar surface area (TPSA) is 97.0 Å². The Morgan fingerprint density at radius 2 is 0.750 bits per heavy atom. The summed E-state index contributed by atoms with van der Waals surface area (Å²) < 4.78 is 11.2.